The number of hydrogen-bond acceptors (Lipinski definition) is 4. The maximum absolute atomic E-state index is 13.1. The minimum atomic E-state index is -3.90. The summed E-state index contributed by atoms with van der Waals surface area (Å²) in [7, 11) is -3.90. The topological polar surface area (TPSA) is 104 Å². The van der Waals surface area contributed by atoms with Crippen LogP contribution in [0.1, 0.15) is 16.8 Å². The number of nitrogens with one attached hydrogen (secondary N) is 1. The molecule has 0 saturated carbocycles. The first kappa shape index (κ1) is 14.6. The minimum absolute atomic E-state index is 0.0125. The molecular weight excluding hydrogens is 265 g/mol. The van der Waals surface area contributed by atoms with Crippen LogP contribution in [0.4, 0.5) is 4.39 Å². The van der Waals surface area contributed by atoms with Gasteiger partial charge in [0.2, 0.25) is 10.0 Å². The maximum atomic E-state index is 13.1. The molecule has 0 aliphatic rings. The molecule has 0 unspecified atom stereocenters. The second kappa shape index (κ2) is 5.89. The first-order valence-corrected chi connectivity index (χ1v) is 6.50. The summed E-state index contributed by atoms with van der Waals surface area (Å²) in [5.41, 5.74) is -0.708. The van der Waals surface area contributed by atoms with Gasteiger partial charge in [0.05, 0.1) is 10.5 Å². The SMILES string of the molecule is O=C(O)c1cc(S(=O)(=O)NCCCO)ccc1F. The van der Waals surface area contributed by atoms with Crippen molar-refractivity contribution in [2.24, 2.45) is 0 Å². The second-order valence-electron chi connectivity index (χ2n) is 3.42. The maximum Gasteiger partial charge on any atom is 0.338 e. The predicted octanol–water partition coefficient (Wildman–Crippen LogP) is 0.185. The molecule has 0 aromatic heterocycles. The van der Waals surface area contributed by atoms with Crippen molar-refractivity contribution in [2.45, 2.75) is 11.3 Å². The monoisotopic (exact) mass is 277 g/mol. The van der Waals surface area contributed by atoms with E-state index < -0.39 is 27.4 Å². The van der Waals surface area contributed by atoms with Crippen LogP contribution in [-0.2, 0) is 10.0 Å². The van der Waals surface area contributed by atoms with Crippen LogP contribution in [0, 0.1) is 5.82 Å². The van der Waals surface area contributed by atoms with Gasteiger partial charge in [0.15, 0.2) is 0 Å². The fourth-order valence-corrected chi connectivity index (χ4v) is 2.30. The Hall–Kier alpha value is -1.51. The van der Waals surface area contributed by atoms with Crippen molar-refractivity contribution in [1.29, 1.82) is 0 Å². The molecule has 100 valence electrons. The Kier molecular flexibility index (Phi) is 4.76. The zero-order chi connectivity index (χ0) is 13.8. The summed E-state index contributed by atoms with van der Waals surface area (Å²) in [6, 6.07) is 2.51. The lowest BCUT2D eigenvalue weighted by molar-refractivity contribution is 0.0691. The van der Waals surface area contributed by atoms with Crippen LogP contribution in [-0.4, -0.2) is 37.8 Å². The Bertz CT molecular complexity index is 543. The lowest BCUT2D eigenvalue weighted by atomic mass is 10.2. The van der Waals surface area contributed by atoms with Gasteiger partial charge in [-0.3, -0.25) is 0 Å². The standard InChI is InChI=1S/C10H12FNO5S/c11-9-3-2-7(6-8(9)10(14)15)18(16,17)12-4-1-5-13/h2-3,6,12-13H,1,4-5H2,(H,14,15). The minimum Gasteiger partial charge on any atom is -0.478 e. The van der Waals surface area contributed by atoms with Crippen molar-refractivity contribution in [3.63, 3.8) is 0 Å². The fraction of sp³-hybridized carbons (Fsp3) is 0.300. The Balaban J connectivity index is 3.02. The van der Waals surface area contributed by atoms with E-state index >= 15 is 0 Å². The fourth-order valence-electron chi connectivity index (χ4n) is 1.20. The predicted molar refractivity (Wildman–Crippen MR) is 60.3 cm³/mol. The smallest absolute Gasteiger partial charge is 0.338 e. The summed E-state index contributed by atoms with van der Waals surface area (Å²) < 4.78 is 38.6. The number of carbonyl (C=O) groups is 1. The molecule has 0 bridgehead atoms. The third-order valence-corrected chi connectivity index (χ3v) is 3.56. The molecule has 0 radical (unpaired) electrons. The molecule has 18 heavy (non-hydrogen) atoms. The summed E-state index contributed by atoms with van der Waals surface area (Å²) in [5, 5.41) is 17.2. The van der Waals surface area contributed by atoms with E-state index in [1.807, 2.05) is 0 Å². The largest absolute Gasteiger partial charge is 0.478 e. The number of sulfonamides is 1. The van der Waals surface area contributed by atoms with Crippen LogP contribution in [0.5, 0.6) is 0 Å². The van der Waals surface area contributed by atoms with E-state index in [2.05, 4.69) is 4.72 Å². The number of rotatable bonds is 6. The van der Waals surface area contributed by atoms with Crippen molar-refractivity contribution < 1.29 is 27.8 Å². The molecule has 0 spiro atoms. The highest BCUT2D eigenvalue weighted by Gasteiger charge is 2.18. The first-order chi connectivity index (χ1) is 8.38. The normalized spacial score (nSPS) is 11.4. The third-order valence-electron chi connectivity index (χ3n) is 2.11. The van der Waals surface area contributed by atoms with Crippen molar-refractivity contribution in [3.05, 3.63) is 29.6 Å². The van der Waals surface area contributed by atoms with Gasteiger partial charge >= 0.3 is 5.97 Å². The van der Waals surface area contributed by atoms with Crippen molar-refractivity contribution in [2.75, 3.05) is 13.2 Å². The van der Waals surface area contributed by atoms with E-state index in [-0.39, 0.29) is 24.5 Å². The highest BCUT2D eigenvalue weighted by molar-refractivity contribution is 7.89. The van der Waals surface area contributed by atoms with Crippen LogP contribution in [0.15, 0.2) is 23.1 Å². The van der Waals surface area contributed by atoms with Crippen LogP contribution in [0.3, 0.4) is 0 Å². The second-order valence-corrected chi connectivity index (χ2v) is 5.19. The van der Waals surface area contributed by atoms with Gasteiger partial charge in [-0.05, 0) is 24.6 Å². The molecule has 0 atom stereocenters. The first-order valence-electron chi connectivity index (χ1n) is 5.02. The molecule has 1 aromatic carbocycles. The summed E-state index contributed by atoms with van der Waals surface area (Å²) in [4.78, 5) is 10.3. The van der Waals surface area contributed by atoms with Crippen LogP contribution < -0.4 is 4.72 Å². The highest BCUT2D eigenvalue weighted by Crippen LogP contribution is 2.15. The lowest BCUT2D eigenvalue weighted by Crippen LogP contribution is -2.25. The molecule has 1 aromatic rings. The number of halogens is 1. The molecular formula is C10H12FNO5S. The van der Waals surface area contributed by atoms with E-state index in [4.69, 9.17) is 10.2 Å². The van der Waals surface area contributed by atoms with Crippen molar-refractivity contribution >= 4 is 16.0 Å². The quantitative estimate of drug-likeness (QED) is 0.644. The Labute approximate surface area is 103 Å². The summed E-state index contributed by atoms with van der Waals surface area (Å²) in [6.45, 7) is -0.162. The van der Waals surface area contributed by atoms with Crippen molar-refractivity contribution in [3.8, 4) is 0 Å². The van der Waals surface area contributed by atoms with Crippen molar-refractivity contribution in [1.82, 2.24) is 4.72 Å². The van der Waals surface area contributed by atoms with E-state index in [9.17, 15) is 17.6 Å². The molecule has 3 N–H and O–H groups in total. The van der Waals surface area contributed by atoms with Crippen LogP contribution in [0.25, 0.3) is 0 Å². The van der Waals surface area contributed by atoms with Gasteiger partial charge in [0.25, 0.3) is 0 Å². The molecule has 0 saturated heterocycles. The zero-order valence-electron chi connectivity index (χ0n) is 9.26. The van der Waals surface area contributed by atoms with Crippen LogP contribution in [0.2, 0.25) is 0 Å². The Morgan fingerprint density at radius 3 is 2.61 bits per heavy atom. The zero-order valence-corrected chi connectivity index (χ0v) is 10.1. The van der Waals surface area contributed by atoms with Gasteiger partial charge in [-0.15, -0.1) is 0 Å². The van der Waals surface area contributed by atoms with Gasteiger partial charge in [-0.25, -0.2) is 22.3 Å². The molecule has 1 rings (SSSR count). The average Bonchev–Trinajstić information content (AvgIpc) is 2.29. The van der Waals surface area contributed by atoms with Crippen LogP contribution >= 0.6 is 0 Å². The number of aliphatic hydroxyl groups is 1. The Morgan fingerprint density at radius 1 is 1.39 bits per heavy atom. The van der Waals surface area contributed by atoms with E-state index in [1.54, 1.807) is 0 Å². The van der Waals surface area contributed by atoms with E-state index in [0.717, 1.165) is 18.2 Å². The lowest BCUT2D eigenvalue weighted by Gasteiger charge is -2.07. The number of aromatic carboxylic acids is 1. The van der Waals surface area contributed by atoms with E-state index in [1.165, 1.54) is 0 Å². The molecule has 6 nitrogen and oxygen atoms in total. The summed E-state index contributed by atoms with van der Waals surface area (Å²) in [6.07, 6.45) is 0.228. The molecule has 0 fully saturated rings. The highest BCUT2D eigenvalue weighted by atomic mass is 32.2. The van der Waals surface area contributed by atoms with Gasteiger partial charge in [-0.1, -0.05) is 0 Å². The molecule has 0 amide bonds. The van der Waals surface area contributed by atoms with E-state index in [0.29, 0.717) is 0 Å². The molecule has 8 heteroatoms. The number of carboxylic acids is 1. The van der Waals surface area contributed by atoms with Gasteiger partial charge in [0.1, 0.15) is 5.82 Å². The summed E-state index contributed by atoms with van der Waals surface area (Å²) >= 11 is 0. The van der Waals surface area contributed by atoms with Gasteiger partial charge in [0, 0.05) is 13.2 Å². The molecule has 0 heterocycles. The molecule has 0 aliphatic carbocycles. The number of aliphatic hydroxyl groups excluding tert-OH is 1. The summed E-state index contributed by atoms with van der Waals surface area (Å²) in [5.74, 6) is -2.54. The van der Waals surface area contributed by atoms with Gasteiger partial charge in [-0.2, -0.15) is 0 Å². The Morgan fingerprint density at radius 2 is 2.06 bits per heavy atom. The average molecular weight is 277 g/mol. The molecule has 0 aliphatic heterocycles. The number of hydrogen-bond donors (Lipinski definition) is 3. The number of benzene rings is 1. The third kappa shape index (κ3) is 3.49. The van der Waals surface area contributed by atoms with Gasteiger partial charge < -0.3 is 10.2 Å². The number of carboxylic acid groups (broad SMARTS) is 1.